The second-order valence-corrected chi connectivity index (χ2v) is 7.68. The number of benzene rings is 2. The number of halogens is 2. The molecule has 1 amide bonds. The van der Waals surface area contributed by atoms with Gasteiger partial charge in [-0.05, 0) is 42.5 Å². The Hall–Kier alpha value is -2.84. The molecule has 0 aliphatic carbocycles. The number of piperazine rings is 1. The number of rotatable bonds is 5. The predicted octanol–water partition coefficient (Wildman–Crippen LogP) is 3.85. The fourth-order valence-electron chi connectivity index (χ4n) is 3.23. The van der Waals surface area contributed by atoms with Crippen LogP contribution in [-0.4, -0.2) is 48.5 Å². The zero-order valence-corrected chi connectivity index (χ0v) is 16.5. The molecule has 1 fully saturated rings. The van der Waals surface area contributed by atoms with Gasteiger partial charge in [0, 0.05) is 42.8 Å². The molecule has 0 spiro atoms. The maximum Gasteiger partial charge on any atom is 0.238 e. The van der Waals surface area contributed by atoms with Crippen LogP contribution in [0.25, 0.3) is 11.3 Å². The van der Waals surface area contributed by atoms with Gasteiger partial charge in [-0.15, -0.1) is 11.3 Å². The molecule has 2 aromatic carbocycles. The van der Waals surface area contributed by atoms with E-state index in [1.807, 2.05) is 5.38 Å². The Labute approximate surface area is 171 Å². The summed E-state index contributed by atoms with van der Waals surface area (Å²) in [5.41, 5.74) is 2.19. The average Bonchev–Trinajstić information content (AvgIpc) is 3.19. The van der Waals surface area contributed by atoms with Crippen LogP contribution in [0.15, 0.2) is 53.9 Å². The first-order chi connectivity index (χ1) is 14.1. The van der Waals surface area contributed by atoms with Crippen LogP contribution in [0.2, 0.25) is 0 Å². The van der Waals surface area contributed by atoms with Crippen molar-refractivity contribution in [2.24, 2.45) is 0 Å². The maximum atomic E-state index is 13.2. The molecule has 0 radical (unpaired) electrons. The molecule has 0 bridgehead atoms. The number of hydrogen-bond acceptors (Lipinski definition) is 5. The minimum atomic E-state index is -0.375. The van der Waals surface area contributed by atoms with E-state index < -0.39 is 0 Å². The first kappa shape index (κ1) is 19.5. The predicted molar refractivity (Wildman–Crippen MR) is 111 cm³/mol. The standard InChI is InChI=1S/C21H20F2N4OS/c22-16-6-4-15(5-7-16)19-14-29-21(25-19)27-10-8-26(9-11-27)13-20(28)24-18-3-1-2-17(23)12-18/h1-7,12,14H,8-11,13H2,(H,24,28). The molecule has 1 aliphatic rings. The Balaban J connectivity index is 1.29. The first-order valence-corrected chi connectivity index (χ1v) is 10.2. The topological polar surface area (TPSA) is 48.5 Å². The summed E-state index contributed by atoms with van der Waals surface area (Å²) in [5, 5.41) is 5.63. The van der Waals surface area contributed by atoms with Crippen molar-refractivity contribution in [3.63, 3.8) is 0 Å². The second-order valence-electron chi connectivity index (χ2n) is 6.84. The number of hydrogen-bond donors (Lipinski definition) is 1. The van der Waals surface area contributed by atoms with Gasteiger partial charge >= 0.3 is 0 Å². The molecule has 0 atom stereocenters. The maximum absolute atomic E-state index is 13.2. The van der Waals surface area contributed by atoms with E-state index in [0.29, 0.717) is 5.69 Å². The van der Waals surface area contributed by atoms with Crippen LogP contribution < -0.4 is 10.2 Å². The first-order valence-electron chi connectivity index (χ1n) is 9.31. The van der Waals surface area contributed by atoms with Gasteiger partial charge in [-0.25, -0.2) is 13.8 Å². The lowest BCUT2D eigenvalue weighted by molar-refractivity contribution is -0.117. The number of amides is 1. The van der Waals surface area contributed by atoms with Gasteiger partial charge in [-0.3, -0.25) is 9.69 Å². The summed E-state index contributed by atoms with van der Waals surface area (Å²) in [6.07, 6.45) is 0. The molecule has 29 heavy (non-hydrogen) atoms. The van der Waals surface area contributed by atoms with Crippen molar-refractivity contribution in [2.45, 2.75) is 0 Å². The van der Waals surface area contributed by atoms with E-state index in [1.165, 1.54) is 24.3 Å². The van der Waals surface area contributed by atoms with Crippen LogP contribution in [0.3, 0.4) is 0 Å². The Morgan fingerprint density at radius 2 is 1.79 bits per heavy atom. The van der Waals surface area contributed by atoms with Gasteiger partial charge in [-0.1, -0.05) is 6.07 Å². The zero-order valence-electron chi connectivity index (χ0n) is 15.6. The lowest BCUT2D eigenvalue weighted by Crippen LogP contribution is -2.48. The smallest absolute Gasteiger partial charge is 0.238 e. The summed E-state index contributed by atoms with van der Waals surface area (Å²) < 4.78 is 26.3. The highest BCUT2D eigenvalue weighted by Crippen LogP contribution is 2.28. The van der Waals surface area contributed by atoms with E-state index in [1.54, 1.807) is 35.6 Å². The van der Waals surface area contributed by atoms with Crippen molar-refractivity contribution in [2.75, 3.05) is 42.9 Å². The second kappa shape index (κ2) is 8.67. The number of anilines is 2. The summed E-state index contributed by atoms with van der Waals surface area (Å²) in [7, 11) is 0. The highest BCUT2D eigenvalue weighted by Gasteiger charge is 2.21. The molecule has 1 aromatic heterocycles. The molecule has 4 rings (SSSR count). The minimum absolute atomic E-state index is 0.156. The van der Waals surface area contributed by atoms with Crippen LogP contribution in [-0.2, 0) is 4.79 Å². The summed E-state index contributed by atoms with van der Waals surface area (Å²) in [5.74, 6) is -0.793. The van der Waals surface area contributed by atoms with E-state index >= 15 is 0 Å². The molecule has 0 saturated carbocycles. The van der Waals surface area contributed by atoms with Crippen molar-refractivity contribution >= 4 is 28.1 Å². The van der Waals surface area contributed by atoms with Crippen LogP contribution in [0.4, 0.5) is 19.6 Å². The number of nitrogens with zero attached hydrogens (tertiary/aromatic N) is 3. The third kappa shape index (κ3) is 4.96. The fourth-order valence-corrected chi connectivity index (χ4v) is 4.12. The molecule has 8 heteroatoms. The third-order valence-electron chi connectivity index (χ3n) is 4.75. The molecular formula is C21H20F2N4OS. The fraction of sp³-hybridized carbons (Fsp3) is 0.238. The van der Waals surface area contributed by atoms with Crippen LogP contribution in [0, 0.1) is 11.6 Å². The summed E-state index contributed by atoms with van der Waals surface area (Å²) in [4.78, 5) is 21.1. The number of aromatic nitrogens is 1. The molecule has 1 saturated heterocycles. The van der Waals surface area contributed by atoms with Crippen molar-refractivity contribution < 1.29 is 13.6 Å². The van der Waals surface area contributed by atoms with Gasteiger partial charge in [0.2, 0.25) is 5.91 Å². The quantitative estimate of drug-likeness (QED) is 0.689. The normalized spacial score (nSPS) is 14.8. The highest BCUT2D eigenvalue weighted by molar-refractivity contribution is 7.14. The van der Waals surface area contributed by atoms with Crippen LogP contribution in [0.1, 0.15) is 0 Å². The lowest BCUT2D eigenvalue weighted by atomic mass is 10.2. The Kier molecular flexibility index (Phi) is 5.82. The van der Waals surface area contributed by atoms with E-state index in [9.17, 15) is 13.6 Å². The molecule has 2 heterocycles. The van der Waals surface area contributed by atoms with Gasteiger partial charge in [-0.2, -0.15) is 0 Å². The minimum Gasteiger partial charge on any atom is -0.346 e. The highest BCUT2D eigenvalue weighted by atomic mass is 32.1. The molecule has 5 nitrogen and oxygen atoms in total. The van der Waals surface area contributed by atoms with Gasteiger partial charge in [0.15, 0.2) is 5.13 Å². The number of carbonyl (C=O) groups excluding carboxylic acids is 1. The van der Waals surface area contributed by atoms with E-state index in [0.717, 1.165) is 42.6 Å². The molecule has 1 aliphatic heterocycles. The largest absolute Gasteiger partial charge is 0.346 e. The third-order valence-corrected chi connectivity index (χ3v) is 5.65. The molecule has 3 aromatic rings. The molecule has 1 N–H and O–H groups in total. The van der Waals surface area contributed by atoms with Crippen LogP contribution >= 0.6 is 11.3 Å². The Morgan fingerprint density at radius 1 is 1.03 bits per heavy atom. The number of carbonyl (C=O) groups is 1. The van der Waals surface area contributed by atoms with Gasteiger partial charge in [0.1, 0.15) is 11.6 Å². The van der Waals surface area contributed by atoms with Crippen molar-refractivity contribution in [1.82, 2.24) is 9.88 Å². The summed E-state index contributed by atoms with van der Waals surface area (Å²) in [6.45, 7) is 3.28. The summed E-state index contributed by atoms with van der Waals surface area (Å²) in [6, 6.07) is 12.2. The molecule has 0 unspecified atom stereocenters. The number of nitrogens with one attached hydrogen (secondary N) is 1. The van der Waals surface area contributed by atoms with Crippen molar-refractivity contribution in [1.29, 1.82) is 0 Å². The molecular weight excluding hydrogens is 394 g/mol. The lowest BCUT2D eigenvalue weighted by Gasteiger charge is -2.34. The zero-order chi connectivity index (χ0) is 20.2. The Morgan fingerprint density at radius 3 is 2.52 bits per heavy atom. The number of thiazole rings is 1. The summed E-state index contributed by atoms with van der Waals surface area (Å²) >= 11 is 1.56. The van der Waals surface area contributed by atoms with Crippen molar-refractivity contribution in [3.05, 3.63) is 65.5 Å². The van der Waals surface area contributed by atoms with Gasteiger partial charge in [0.05, 0.1) is 12.2 Å². The van der Waals surface area contributed by atoms with Crippen molar-refractivity contribution in [3.8, 4) is 11.3 Å². The monoisotopic (exact) mass is 414 g/mol. The van der Waals surface area contributed by atoms with E-state index in [4.69, 9.17) is 0 Å². The Bertz CT molecular complexity index is 984. The molecule has 150 valence electrons. The van der Waals surface area contributed by atoms with E-state index in [2.05, 4.69) is 20.1 Å². The van der Waals surface area contributed by atoms with E-state index in [-0.39, 0.29) is 24.1 Å². The average molecular weight is 414 g/mol. The SMILES string of the molecule is O=C(CN1CCN(c2nc(-c3ccc(F)cc3)cs2)CC1)Nc1cccc(F)c1. The van der Waals surface area contributed by atoms with Gasteiger partial charge < -0.3 is 10.2 Å². The van der Waals surface area contributed by atoms with Crippen LogP contribution in [0.5, 0.6) is 0 Å². The van der Waals surface area contributed by atoms with Gasteiger partial charge in [0.25, 0.3) is 0 Å².